The number of methoxy groups -OCH3 is 3. The van der Waals surface area contributed by atoms with Crippen molar-refractivity contribution in [3.05, 3.63) is 42.0 Å². The summed E-state index contributed by atoms with van der Waals surface area (Å²) in [6.45, 7) is 9.52. The van der Waals surface area contributed by atoms with E-state index in [9.17, 15) is 0 Å². The van der Waals surface area contributed by atoms with E-state index >= 15 is 0 Å². The summed E-state index contributed by atoms with van der Waals surface area (Å²) in [4.78, 5) is 5.06. The molecule has 2 unspecified atom stereocenters. The van der Waals surface area contributed by atoms with Crippen molar-refractivity contribution in [2.45, 2.75) is 38.8 Å². The third-order valence-corrected chi connectivity index (χ3v) is 6.85. The predicted molar refractivity (Wildman–Crippen MR) is 138 cm³/mol. The number of likely N-dealkylation sites (tertiary alicyclic amines) is 1. The van der Waals surface area contributed by atoms with Crippen LogP contribution in [0.1, 0.15) is 38.3 Å². The molecule has 0 saturated carbocycles. The first-order valence-corrected chi connectivity index (χ1v) is 12.7. The molecular formula is C28H40N2O5. The maximum absolute atomic E-state index is 6.24. The van der Waals surface area contributed by atoms with Gasteiger partial charge in [0, 0.05) is 13.2 Å². The van der Waals surface area contributed by atoms with E-state index < -0.39 is 0 Å². The monoisotopic (exact) mass is 484 g/mol. The summed E-state index contributed by atoms with van der Waals surface area (Å²) in [5.41, 5.74) is 2.17. The van der Waals surface area contributed by atoms with E-state index in [-0.39, 0.29) is 6.04 Å². The van der Waals surface area contributed by atoms with Crippen LogP contribution in [0.15, 0.2) is 36.4 Å². The molecule has 0 radical (unpaired) electrons. The number of nitrogens with zero attached hydrogens (tertiary/aromatic N) is 2. The van der Waals surface area contributed by atoms with Crippen molar-refractivity contribution in [2.75, 3.05) is 65.7 Å². The van der Waals surface area contributed by atoms with Crippen molar-refractivity contribution in [2.24, 2.45) is 5.92 Å². The van der Waals surface area contributed by atoms with Crippen molar-refractivity contribution in [1.82, 2.24) is 4.90 Å². The number of hydrogen-bond donors (Lipinski definition) is 0. The summed E-state index contributed by atoms with van der Waals surface area (Å²) in [6, 6.07) is 12.7. The number of benzene rings is 2. The van der Waals surface area contributed by atoms with Gasteiger partial charge >= 0.3 is 0 Å². The Bertz CT molecular complexity index is 935. The molecule has 2 heterocycles. The average molecular weight is 485 g/mol. The number of rotatable bonds is 11. The maximum atomic E-state index is 6.24. The molecule has 0 spiro atoms. The molecule has 0 bridgehead atoms. The first-order valence-electron chi connectivity index (χ1n) is 12.7. The van der Waals surface area contributed by atoms with E-state index in [1.54, 1.807) is 21.3 Å². The molecule has 35 heavy (non-hydrogen) atoms. The van der Waals surface area contributed by atoms with Crippen molar-refractivity contribution in [1.29, 1.82) is 0 Å². The van der Waals surface area contributed by atoms with Crippen molar-refractivity contribution >= 4 is 5.69 Å². The highest BCUT2D eigenvalue weighted by Crippen LogP contribution is 2.44. The molecule has 7 nitrogen and oxygen atoms in total. The molecule has 4 rings (SSSR count). The second-order valence-corrected chi connectivity index (χ2v) is 9.73. The lowest BCUT2D eigenvalue weighted by Gasteiger charge is -2.42. The van der Waals surface area contributed by atoms with E-state index in [1.165, 1.54) is 12.8 Å². The van der Waals surface area contributed by atoms with E-state index in [0.717, 1.165) is 49.8 Å². The number of hydrogen-bond acceptors (Lipinski definition) is 7. The number of para-hydroxylation sites is 2. The van der Waals surface area contributed by atoms with Gasteiger partial charge in [0.15, 0.2) is 11.5 Å². The quantitative estimate of drug-likeness (QED) is 0.455. The molecular weight excluding hydrogens is 444 g/mol. The SMILES string of the molecule is COc1cc(C2COc3ccccc3N2CC(COCC(C)C)N2CCCC2)cc(OC)c1OC. The Morgan fingerprint density at radius 2 is 1.63 bits per heavy atom. The lowest BCUT2D eigenvalue weighted by molar-refractivity contribution is 0.0553. The normalized spacial score (nSPS) is 18.8. The molecule has 0 aromatic heterocycles. The van der Waals surface area contributed by atoms with Gasteiger partial charge in [0.1, 0.15) is 12.4 Å². The molecule has 0 aliphatic carbocycles. The Labute approximate surface area is 209 Å². The molecule has 0 amide bonds. The minimum atomic E-state index is -0.00573. The van der Waals surface area contributed by atoms with Crippen LogP contribution >= 0.6 is 0 Å². The third-order valence-electron chi connectivity index (χ3n) is 6.85. The summed E-state index contributed by atoms with van der Waals surface area (Å²) >= 11 is 0. The van der Waals surface area contributed by atoms with Crippen LogP contribution in [0.4, 0.5) is 5.69 Å². The van der Waals surface area contributed by atoms with Gasteiger partial charge in [-0.3, -0.25) is 4.90 Å². The van der Waals surface area contributed by atoms with Crippen LogP contribution in [-0.4, -0.2) is 71.7 Å². The fourth-order valence-electron chi connectivity index (χ4n) is 5.09. The first kappa shape index (κ1) is 25.5. The molecule has 192 valence electrons. The maximum Gasteiger partial charge on any atom is 0.203 e. The first-order chi connectivity index (χ1) is 17.0. The molecule has 0 N–H and O–H groups in total. The minimum Gasteiger partial charge on any atom is -0.493 e. The van der Waals surface area contributed by atoms with E-state index in [0.29, 0.717) is 35.8 Å². The zero-order valence-electron chi connectivity index (χ0n) is 21.8. The molecule has 2 aromatic carbocycles. The Morgan fingerprint density at radius 1 is 0.943 bits per heavy atom. The zero-order valence-corrected chi connectivity index (χ0v) is 21.8. The van der Waals surface area contributed by atoms with Crippen LogP contribution in [0.2, 0.25) is 0 Å². The summed E-state index contributed by atoms with van der Waals surface area (Å²) in [5.74, 6) is 3.33. The van der Waals surface area contributed by atoms with Gasteiger partial charge < -0.3 is 28.6 Å². The molecule has 7 heteroatoms. The molecule has 2 aromatic rings. The molecule has 1 saturated heterocycles. The van der Waals surface area contributed by atoms with Crippen LogP contribution in [0.25, 0.3) is 0 Å². The largest absolute Gasteiger partial charge is 0.493 e. The van der Waals surface area contributed by atoms with Gasteiger partial charge in [-0.2, -0.15) is 0 Å². The summed E-state index contributed by atoms with van der Waals surface area (Å²) in [5, 5.41) is 0. The minimum absolute atomic E-state index is 0.00573. The van der Waals surface area contributed by atoms with Gasteiger partial charge in [0.25, 0.3) is 0 Å². The van der Waals surface area contributed by atoms with Crippen LogP contribution in [-0.2, 0) is 4.74 Å². The van der Waals surface area contributed by atoms with Crippen LogP contribution < -0.4 is 23.8 Å². The average Bonchev–Trinajstić information content (AvgIpc) is 3.42. The lowest BCUT2D eigenvalue weighted by Crippen LogP contribution is -2.49. The van der Waals surface area contributed by atoms with E-state index in [1.807, 2.05) is 24.3 Å². The molecule has 1 fully saturated rings. The molecule has 2 atom stereocenters. The van der Waals surface area contributed by atoms with Crippen molar-refractivity contribution in [3.63, 3.8) is 0 Å². The van der Waals surface area contributed by atoms with Gasteiger partial charge in [-0.15, -0.1) is 0 Å². The second-order valence-electron chi connectivity index (χ2n) is 9.73. The smallest absolute Gasteiger partial charge is 0.203 e. The van der Waals surface area contributed by atoms with Crippen molar-refractivity contribution < 1.29 is 23.7 Å². The van der Waals surface area contributed by atoms with Gasteiger partial charge in [-0.05, 0) is 61.7 Å². The Kier molecular flexibility index (Phi) is 8.63. The summed E-state index contributed by atoms with van der Waals surface area (Å²) < 4.78 is 29.3. The fraction of sp³-hybridized carbons (Fsp3) is 0.571. The van der Waals surface area contributed by atoms with E-state index in [4.69, 9.17) is 23.7 Å². The summed E-state index contributed by atoms with van der Waals surface area (Å²) in [7, 11) is 4.94. The number of anilines is 1. The molecule has 2 aliphatic rings. The standard InChI is InChI=1S/C28H40N2O5/c1-20(2)17-34-18-22(29-12-8-9-13-29)16-30-23-10-6-7-11-25(23)35-19-24(30)21-14-26(31-3)28(33-5)27(15-21)32-4/h6-7,10-11,14-15,20,22,24H,8-9,12-13,16-19H2,1-5H3. The van der Waals surface area contributed by atoms with E-state index in [2.05, 4.69) is 35.8 Å². The van der Waals surface area contributed by atoms with Gasteiger partial charge in [0.2, 0.25) is 5.75 Å². The second kappa shape index (κ2) is 11.9. The van der Waals surface area contributed by atoms with Crippen LogP contribution in [0.3, 0.4) is 0 Å². The third kappa shape index (κ3) is 5.78. The van der Waals surface area contributed by atoms with Gasteiger partial charge in [-0.25, -0.2) is 0 Å². The van der Waals surface area contributed by atoms with Crippen LogP contribution in [0.5, 0.6) is 23.0 Å². The Hall–Kier alpha value is -2.64. The van der Waals surface area contributed by atoms with Gasteiger partial charge in [-0.1, -0.05) is 26.0 Å². The van der Waals surface area contributed by atoms with Gasteiger partial charge in [0.05, 0.1) is 45.7 Å². The molecule has 2 aliphatic heterocycles. The number of ether oxygens (including phenoxy) is 5. The Balaban J connectivity index is 1.69. The van der Waals surface area contributed by atoms with Crippen LogP contribution in [0, 0.1) is 5.92 Å². The predicted octanol–water partition coefficient (Wildman–Crippen LogP) is 4.79. The zero-order chi connectivity index (χ0) is 24.8. The van der Waals surface area contributed by atoms with Crippen molar-refractivity contribution in [3.8, 4) is 23.0 Å². The summed E-state index contributed by atoms with van der Waals surface area (Å²) in [6.07, 6.45) is 2.49. The fourth-order valence-corrected chi connectivity index (χ4v) is 5.09. The number of fused-ring (bicyclic) bond motifs is 1. The highest BCUT2D eigenvalue weighted by molar-refractivity contribution is 5.63. The highest BCUT2D eigenvalue weighted by atomic mass is 16.5. The Morgan fingerprint density at radius 3 is 2.26 bits per heavy atom. The topological polar surface area (TPSA) is 52.6 Å². The highest BCUT2D eigenvalue weighted by Gasteiger charge is 2.34. The lowest BCUT2D eigenvalue weighted by atomic mass is 10.0.